The maximum absolute atomic E-state index is 12.7. The van der Waals surface area contributed by atoms with Gasteiger partial charge in [-0.25, -0.2) is 19.6 Å². The van der Waals surface area contributed by atoms with E-state index in [1.54, 1.807) is 17.8 Å². The molecule has 0 radical (unpaired) electrons. The van der Waals surface area contributed by atoms with Crippen molar-refractivity contribution in [1.29, 1.82) is 0 Å². The fraction of sp³-hybridized carbons (Fsp3) is 0.357. The van der Waals surface area contributed by atoms with Crippen LogP contribution in [0.2, 0.25) is 0 Å². The minimum Gasteiger partial charge on any atom is -0.472 e. The largest absolute Gasteiger partial charge is 0.472 e. The van der Waals surface area contributed by atoms with Crippen LogP contribution < -0.4 is 10.7 Å². The zero-order chi connectivity index (χ0) is 29.0. The number of hydrogen-bond acceptors (Lipinski definition) is 11. The van der Waals surface area contributed by atoms with Crippen LogP contribution in [0.4, 0.5) is 9.59 Å². The molecule has 0 saturated heterocycles. The average molecular weight is 584 g/mol. The van der Waals surface area contributed by atoms with Gasteiger partial charge in [-0.2, -0.15) is 0 Å². The maximum atomic E-state index is 12.7. The van der Waals surface area contributed by atoms with E-state index >= 15 is 0 Å². The molecule has 218 valence electrons. The van der Waals surface area contributed by atoms with Gasteiger partial charge in [0.1, 0.15) is 25.2 Å². The number of nitrogens with one attached hydrogen (secondary N) is 2. The molecule has 0 fully saturated rings. The second-order valence-electron chi connectivity index (χ2n) is 9.58. The van der Waals surface area contributed by atoms with E-state index in [2.05, 4.69) is 20.7 Å². The molecule has 0 aliphatic rings. The summed E-state index contributed by atoms with van der Waals surface area (Å²) in [5, 5.41) is 15.5. The predicted octanol–water partition coefficient (Wildman–Crippen LogP) is 4.39. The Morgan fingerprint density at radius 1 is 1.07 bits per heavy atom. The SMILES string of the molecule is CC(C)c1nc(COC(=O)NN(Cc2ccoc2)CC(O)C(Cc2ccccc2)NC(=O)OCc2cncs2)co1. The van der Waals surface area contributed by atoms with Crippen LogP contribution >= 0.6 is 11.3 Å². The van der Waals surface area contributed by atoms with Crippen molar-refractivity contribution < 1.29 is 33.0 Å². The molecule has 2 atom stereocenters. The number of oxazole rings is 1. The van der Waals surface area contributed by atoms with Crippen molar-refractivity contribution in [2.45, 2.75) is 58.1 Å². The lowest BCUT2D eigenvalue weighted by atomic mass is 10.0. The van der Waals surface area contributed by atoms with Crippen molar-refractivity contribution >= 4 is 23.5 Å². The van der Waals surface area contributed by atoms with Crippen LogP contribution in [0.1, 0.15) is 47.4 Å². The highest BCUT2D eigenvalue weighted by atomic mass is 32.1. The number of amides is 2. The Labute approximate surface area is 241 Å². The first-order chi connectivity index (χ1) is 19.9. The molecule has 0 saturated carbocycles. The summed E-state index contributed by atoms with van der Waals surface area (Å²) in [5.74, 6) is 0.656. The topological polar surface area (TPSA) is 152 Å². The molecule has 0 aliphatic heterocycles. The predicted molar refractivity (Wildman–Crippen MR) is 148 cm³/mol. The lowest BCUT2D eigenvalue weighted by Gasteiger charge is -2.29. The van der Waals surface area contributed by atoms with E-state index in [0.717, 1.165) is 16.0 Å². The van der Waals surface area contributed by atoms with Gasteiger partial charge in [0.05, 0.1) is 35.1 Å². The van der Waals surface area contributed by atoms with Crippen LogP contribution in [-0.4, -0.2) is 51.0 Å². The number of aliphatic hydroxyl groups is 1. The van der Waals surface area contributed by atoms with Gasteiger partial charge in [0, 0.05) is 30.8 Å². The van der Waals surface area contributed by atoms with E-state index < -0.39 is 24.3 Å². The molecule has 3 aromatic heterocycles. The van der Waals surface area contributed by atoms with Gasteiger partial charge >= 0.3 is 12.2 Å². The second kappa shape index (κ2) is 15.0. The van der Waals surface area contributed by atoms with Crippen molar-refractivity contribution in [3.8, 4) is 0 Å². The highest BCUT2D eigenvalue weighted by Crippen LogP contribution is 2.14. The zero-order valence-corrected chi connectivity index (χ0v) is 23.6. The quantitative estimate of drug-likeness (QED) is 0.182. The van der Waals surface area contributed by atoms with Crippen LogP contribution in [-0.2, 0) is 35.7 Å². The van der Waals surface area contributed by atoms with Crippen molar-refractivity contribution in [1.82, 2.24) is 25.7 Å². The molecule has 3 heterocycles. The number of hydrogen-bond donors (Lipinski definition) is 3. The number of ether oxygens (including phenoxy) is 2. The average Bonchev–Trinajstić information content (AvgIpc) is 3.74. The molecule has 3 N–H and O–H groups in total. The van der Waals surface area contributed by atoms with Crippen molar-refractivity contribution in [3.63, 3.8) is 0 Å². The second-order valence-corrected chi connectivity index (χ2v) is 10.6. The van der Waals surface area contributed by atoms with E-state index in [9.17, 15) is 14.7 Å². The minimum atomic E-state index is -1.11. The minimum absolute atomic E-state index is 0.0473. The molecule has 4 aromatic rings. The van der Waals surface area contributed by atoms with Crippen LogP contribution in [0.25, 0.3) is 0 Å². The van der Waals surface area contributed by atoms with E-state index in [0.29, 0.717) is 18.0 Å². The molecule has 2 amide bonds. The molecule has 0 bridgehead atoms. The number of alkyl carbamates (subject to hydrolysis) is 1. The molecular formula is C28H33N5O7S. The number of benzene rings is 1. The highest BCUT2D eigenvalue weighted by Gasteiger charge is 2.26. The monoisotopic (exact) mass is 583 g/mol. The number of carbonyl (C=O) groups is 2. The number of thiazole rings is 1. The summed E-state index contributed by atoms with van der Waals surface area (Å²) in [7, 11) is 0. The van der Waals surface area contributed by atoms with E-state index in [-0.39, 0.29) is 32.2 Å². The fourth-order valence-corrected chi connectivity index (χ4v) is 4.36. The van der Waals surface area contributed by atoms with Gasteiger partial charge in [0.15, 0.2) is 5.89 Å². The smallest absolute Gasteiger partial charge is 0.422 e. The number of carbonyl (C=O) groups excluding carboxylic acids is 2. The zero-order valence-electron chi connectivity index (χ0n) is 22.8. The number of furan rings is 1. The number of nitrogens with zero attached hydrogens (tertiary/aromatic N) is 3. The van der Waals surface area contributed by atoms with Crippen molar-refractivity contribution in [3.05, 3.63) is 94.5 Å². The molecule has 1 aromatic carbocycles. The summed E-state index contributed by atoms with van der Waals surface area (Å²) in [5.41, 5.74) is 6.46. The third kappa shape index (κ3) is 9.74. The van der Waals surface area contributed by atoms with Gasteiger partial charge in [0.25, 0.3) is 0 Å². The Bertz CT molecular complexity index is 1330. The normalized spacial score (nSPS) is 12.7. The molecule has 0 aliphatic carbocycles. The van der Waals surface area contributed by atoms with Crippen LogP contribution in [0, 0.1) is 0 Å². The molecule has 13 heteroatoms. The Balaban J connectivity index is 1.40. The summed E-state index contributed by atoms with van der Waals surface area (Å²) in [6.45, 7) is 4.03. The number of hydrazine groups is 1. The van der Waals surface area contributed by atoms with Crippen LogP contribution in [0.5, 0.6) is 0 Å². The van der Waals surface area contributed by atoms with Gasteiger partial charge < -0.3 is 28.7 Å². The van der Waals surface area contributed by atoms with Gasteiger partial charge in [-0.3, -0.25) is 10.4 Å². The summed E-state index contributed by atoms with van der Waals surface area (Å²) < 4.78 is 21.2. The van der Waals surface area contributed by atoms with Gasteiger partial charge in [-0.15, -0.1) is 11.3 Å². The first kappa shape index (κ1) is 29.8. The number of aliphatic hydroxyl groups excluding tert-OH is 1. The standard InChI is InChI=1S/C28H33N5O7S/c1-19(2)26-30-22(15-38-26)16-39-28(36)32-33(12-21-8-9-37-14-21)13-25(34)24(10-20-6-4-3-5-7-20)31-27(35)40-17-23-11-29-18-41-23/h3-9,11,14-15,18-19,24-25,34H,10,12-13,16-17H2,1-2H3,(H,31,35)(H,32,36). The fourth-order valence-electron chi connectivity index (χ4n) is 3.86. The molecular weight excluding hydrogens is 550 g/mol. The summed E-state index contributed by atoms with van der Waals surface area (Å²) in [6, 6.07) is 10.4. The summed E-state index contributed by atoms with van der Waals surface area (Å²) in [6.07, 6.45) is 3.91. The highest BCUT2D eigenvalue weighted by molar-refractivity contribution is 7.09. The van der Waals surface area contributed by atoms with Crippen molar-refractivity contribution in [2.24, 2.45) is 0 Å². The third-order valence-electron chi connectivity index (χ3n) is 5.92. The van der Waals surface area contributed by atoms with Crippen LogP contribution in [0.3, 0.4) is 0 Å². The first-order valence-corrected chi connectivity index (χ1v) is 13.9. The van der Waals surface area contributed by atoms with Gasteiger partial charge in [-0.05, 0) is 18.1 Å². The molecule has 2 unspecified atom stereocenters. The molecule has 12 nitrogen and oxygen atoms in total. The lowest BCUT2D eigenvalue weighted by Crippen LogP contribution is -2.53. The number of rotatable bonds is 14. The maximum Gasteiger partial charge on any atom is 0.422 e. The van der Waals surface area contributed by atoms with E-state index in [1.165, 1.54) is 35.1 Å². The Hall–Kier alpha value is -4.20. The molecule has 0 spiro atoms. The summed E-state index contributed by atoms with van der Waals surface area (Å²) >= 11 is 1.37. The molecule has 4 rings (SSSR count). The number of aromatic nitrogens is 2. The van der Waals surface area contributed by atoms with Crippen molar-refractivity contribution in [2.75, 3.05) is 6.54 Å². The van der Waals surface area contributed by atoms with Gasteiger partial charge in [-0.1, -0.05) is 44.2 Å². The Morgan fingerprint density at radius 3 is 2.56 bits per heavy atom. The van der Waals surface area contributed by atoms with Crippen LogP contribution in [0.15, 0.2) is 75.7 Å². The third-order valence-corrected chi connectivity index (χ3v) is 6.67. The first-order valence-electron chi connectivity index (χ1n) is 13.0. The summed E-state index contributed by atoms with van der Waals surface area (Å²) in [4.78, 5) is 34.4. The molecule has 41 heavy (non-hydrogen) atoms. The van der Waals surface area contributed by atoms with Gasteiger partial charge in [0.2, 0.25) is 0 Å². The van der Waals surface area contributed by atoms with E-state index in [4.69, 9.17) is 18.3 Å². The Kier molecular flexibility index (Phi) is 10.9. The van der Waals surface area contributed by atoms with E-state index in [1.807, 2.05) is 44.2 Å². The Morgan fingerprint density at radius 2 is 1.88 bits per heavy atom. The lowest BCUT2D eigenvalue weighted by molar-refractivity contribution is 0.0401.